The van der Waals surface area contributed by atoms with Gasteiger partial charge in [0, 0.05) is 0 Å². The molecule has 0 nitrogen and oxygen atoms in total. The molecular formula is C3H4Br2F2. The molecule has 0 aromatic carbocycles. The van der Waals surface area contributed by atoms with Crippen LogP contribution in [0.1, 0.15) is 0 Å². The van der Waals surface area contributed by atoms with Gasteiger partial charge in [0.05, 0.1) is 10.7 Å². The lowest BCUT2D eigenvalue weighted by atomic mass is 10.5. The third-order valence-electron chi connectivity index (χ3n) is 0.391. The van der Waals surface area contributed by atoms with Crippen LogP contribution in [0.25, 0.3) is 0 Å². The predicted octanol–water partition coefficient (Wildman–Crippen LogP) is 2.41. The average molecular weight is 238 g/mol. The van der Waals surface area contributed by atoms with Crippen LogP contribution in [-0.4, -0.2) is 16.6 Å². The Bertz CT molecular complexity index is 48.9. The highest BCUT2D eigenvalue weighted by molar-refractivity contribution is 9.09. The Morgan fingerprint density at radius 3 is 1.43 bits per heavy atom. The minimum atomic E-state index is -2.58. The molecule has 0 rings (SSSR count). The van der Waals surface area contributed by atoms with Gasteiger partial charge in [-0.2, -0.15) is 0 Å². The number of halogens is 4. The normalized spacial score (nSPS) is 12.0. The molecular weight excluding hydrogens is 234 g/mol. The Morgan fingerprint density at radius 1 is 1.14 bits per heavy atom. The molecule has 0 aromatic rings. The second-order valence-electron chi connectivity index (χ2n) is 1.12. The van der Waals surface area contributed by atoms with Gasteiger partial charge in [-0.1, -0.05) is 31.9 Å². The van der Waals surface area contributed by atoms with Crippen molar-refractivity contribution in [2.45, 2.75) is 5.92 Å². The topological polar surface area (TPSA) is 0 Å². The Labute approximate surface area is 57.5 Å². The van der Waals surface area contributed by atoms with Crippen LogP contribution in [0.2, 0.25) is 0 Å². The van der Waals surface area contributed by atoms with Gasteiger partial charge < -0.3 is 0 Å². The fraction of sp³-hybridized carbons (Fsp3) is 1.00. The van der Waals surface area contributed by atoms with Crippen molar-refractivity contribution in [1.29, 1.82) is 0 Å². The molecule has 0 amide bonds. The molecule has 0 bridgehead atoms. The summed E-state index contributed by atoms with van der Waals surface area (Å²) in [5.41, 5.74) is 0. The first kappa shape index (κ1) is 7.82. The van der Waals surface area contributed by atoms with E-state index in [0.717, 1.165) is 0 Å². The lowest BCUT2D eigenvalue weighted by Crippen LogP contribution is -2.18. The predicted molar refractivity (Wildman–Crippen MR) is 32.5 cm³/mol. The first-order valence-electron chi connectivity index (χ1n) is 1.62. The van der Waals surface area contributed by atoms with Crippen molar-refractivity contribution < 1.29 is 8.78 Å². The van der Waals surface area contributed by atoms with Crippen LogP contribution in [-0.2, 0) is 0 Å². The Morgan fingerprint density at radius 2 is 1.43 bits per heavy atom. The quantitative estimate of drug-likeness (QED) is 0.648. The lowest BCUT2D eigenvalue weighted by Gasteiger charge is -2.05. The minimum absolute atomic E-state index is 0.273. The number of hydrogen-bond donors (Lipinski definition) is 0. The number of rotatable bonds is 2. The Kier molecular flexibility index (Phi) is 3.32. The van der Waals surface area contributed by atoms with E-state index < -0.39 is 5.92 Å². The second-order valence-corrected chi connectivity index (χ2v) is 2.24. The summed E-state index contributed by atoms with van der Waals surface area (Å²) in [5, 5.41) is -0.545. The van der Waals surface area contributed by atoms with E-state index in [1.54, 1.807) is 0 Å². The summed E-state index contributed by atoms with van der Waals surface area (Å²) < 4.78 is 23.6. The Hall–Kier alpha value is 0.820. The van der Waals surface area contributed by atoms with Gasteiger partial charge in [-0.05, 0) is 0 Å². The summed E-state index contributed by atoms with van der Waals surface area (Å²) in [4.78, 5) is 0. The van der Waals surface area contributed by atoms with Crippen molar-refractivity contribution in [1.82, 2.24) is 0 Å². The number of hydrogen-bond acceptors (Lipinski definition) is 0. The average Bonchev–Trinajstić information content (AvgIpc) is 1.68. The molecule has 0 aliphatic carbocycles. The van der Waals surface area contributed by atoms with Crippen molar-refractivity contribution in [2.24, 2.45) is 0 Å². The third kappa shape index (κ3) is 3.41. The highest BCUT2D eigenvalue weighted by atomic mass is 79.9. The SMILES string of the molecule is FC(F)(CBr)CBr. The Balaban J connectivity index is 3.36. The molecule has 0 heterocycles. The van der Waals surface area contributed by atoms with E-state index in [4.69, 9.17) is 0 Å². The van der Waals surface area contributed by atoms with Crippen LogP contribution in [0.15, 0.2) is 0 Å². The van der Waals surface area contributed by atoms with E-state index in [-0.39, 0.29) is 10.7 Å². The summed E-state index contributed by atoms with van der Waals surface area (Å²) in [6, 6.07) is 0. The molecule has 0 aromatic heterocycles. The maximum Gasteiger partial charge on any atom is 0.267 e. The molecule has 0 saturated heterocycles. The highest BCUT2D eigenvalue weighted by Gasteiger charge is 2.24. The van der Waals surface area contributed by atoms with E-state index in [2.05, 4.69) is 31.9 Å². The molecule has 0 spiro atoms. The van der Waals surface area contributed by atoms with Crippen molar-refractivity contribution >= 4 is 31.9 Å². The lowest BCUT2D eigenvalue weighted by molar-refractivity contribution is 0.0575. The molecule has 0 fully saturated rings. The van der Waals surface area contributed by atoms with Crippen LogP contribution in [0.3, 0.4) is 0 Å². The first-order chi connectivity index (χ1) is 3.12. The van der Waals surface area contributed by atoms with Crippen LogP contribution in [0.4, 0.5) is 8.78 Å². The summed E-state index contributed by atoms with van der Waals surface area (Å²) in [7, 11) is 0. The van der Waals surface area contributed by atoms with Gasteiger partial charge in [0.15, 0.2) is 0 Å². The van der Waals surface area contributed by atoms with Gasteiger partial charge >= 0.3 is 0 Å². The zero-order valence-electron chi connectivity index (χ0n) is 3.43. The molecule has 4 heteroatoms. The van der Waals surface area contributed by atoms with Gasteiger partial charge in [0.25, 0.3) is 5.92 Å². The molecule has 0 radical (unpaired) electrons. The van der Waals surface area contributed by atoms with Crippen LogP contribution in [0.5, 0.6) is 0 Å². The summed E-state index contributed by atoms with van der Waals surface area (Å²) in [5.74, 6) is -2.58. The van der Waals surface area contributed by atoms with Crippen LogP contribution < -0.4 is 0 Å². The fourth-order valence-corrected chi connectivity index (χ4v) is 0.964. The fourth-order valence-electron chi connectivity index (χ4n) is 0.0357. The van der Waals surface area contributed by atoms with Crippen LogP contribution >= 0.6 is 31.9 Å². The standard InChI is InChI=1S/C3H4Br2F2/c4-1-3(6,7)2-5/h1-2H2. The van der Waals surface area contributed by atoms with Crippen molar-refractivity contribution in [3.05, 3.63) is 0 Å². The molecule has 0 aliphatic heterocycles. The van der Waals surface area contributed by atoms with E-state index in [0.29, 0.717) is 0 Å². The van der Waals surface area contributed by atoms with Gasteiger partial charge in [-0.15, -0.1) is 0 Å². The summed E-state index contributed by atoms with van der Waals surface area (Å²) in [6.07, 6.45) is 0. The molecule has 0 N–H and O–H groups in total. The molecule has 0 saturated carbocycles. The van der Waals surface area contributed by atoms with Crippen molar-refractivity contribution in [2.75, 3.05) is 10.7 Å². The van der Waals surface area contributed by atoms with Gasteiger partial charge in [-0.3, -0.25) is 0 Å². The zero-order chi connectivity index (χ0) is 5.91. The molecule has 0 atom stereocenters. The summed E-state index contributed by atoms with van der Waals surface area (Å²) in [6.45, 7) is 0. The van der Waals surface area contributed by atoms with Crippen molar-refractivity contribution in [3.63, 3.8) is 0 Å². The molecule has 7 heavy (non-hydrogen) atoms. The number of alkyl halides is 4. The molecule has 44 valence electrons. The largest absolute Gasteiger partial charge is 0.267 e. The van der Waals surface area contributed by atoms with E-state index in [9.17, 15) is 8.78 Å². The van der Waals surface area contributed by atoms with E-state index in [1.807, 2.05) is 0 Å². The van der Waals surface area contributed by atoms with Crippen molar-refractivity contribution in [3.8, 4) is 0 Å². The molecule has 0 aliphatic rings. The third-order valence-corrected chi connectivity index (χ3v) is 2.03. The maximum absolute atomic E-state index is 11.8. The van der Waals surface area contributed by atoms with Gasteiger partial charge in [0.1, 0.15) is 0 Å². The highest BCUT2D eigenvalue weighted by Crippen LogP contribution is 2.17. The van der Waals surface area contributed by atoms with Gasteiger partial charge in [0.2, 0.25) is 0 Å². The molecule has 0 unspecified atom stereocenters. The monoisotopic (exact) mass is 236 g/mol. The summed E-state index contributed by atoms with van der Waals surface area (Å²) >= 11 is 5.30. The maximum atomic E-state index is 11.8. The van der Waals surface area contributed by atoms with E-state index in [1.165, 1.54) is 0 Å². The van der Waals surface area contributed by atoms with Crippen LogP contribution in [0, 0.1) is 0 Å². The van der Waals surface area contributed by atoms with E-state index >= 15 is 0 Å². The smallest absolute Gasteiger partial charge is 0.205 e. The minimum Gasteiger partial charge on any atom is -0.205 e. The van der Waals surface area contributed by atoms with Gasteiger partial charge in [-0.25, -0.2) is 8.78 Å². The zero-order valence-corrected chi connectivity index (χ0v) is 6.60. The first-order valence-corrected chi connectivity index (χ1v) is 3.86. The second kappa shape index (κ2) is 2.97.